The smallest absolute Gasteiger partial charge is 0.238 e. The third kappa shape index (κ3) is 4.00. The van der Waals surface area contributed by atoms with Crippen molar-refractivity contribution in [2.45, 2.75) is 44.7 Å². The van der Waals surface area contributed by atoms with Crippen molar-refractivity contribution in [3.63, 3.8) is 0 Å². The van der Waals surface area contributed by atoms with Crippen LogP contribution in [0.25, 0.3) is 0 Å². The van der Waals surface area contributed by atoms with Crippen molar-refractivity contribution in [1.82, 2.24) is 10.2 Å². The van der Waals surface area contributed by atoms with Crippen LogP contribution in [0.3, 0.4) is 0 Å². The lowest BCUT2D eigenvalue weighted by atomic mass is 9.85. The van der Waals surface area contributed by atoms with Gasteiger partial charge in [0, 0.05) is 26.1 Å². The Hall–Kier alpha value is -1.10. The molecule has 0 aromatic heterocycles. The summed E-state index contributed by atoms with van der Waals surface area (Å²) in [5, 5.41) is 3.32. The fourth-order valence-corrected chi connectivity index (χ4v) is 2.36. The average Bonchev–Trinajstić information content (AvgIpc) is 2.28. The normalized spacial score (nSPS) is 26.3. The van der Waals surface area contributed by atoms with Gasteiger partial charge in [-0.3, -0.25) is 9.59 Å². The molecule has 1 fully saturated rings. The van der Waals surface area contributed by atoms with Crippen molar-refractivity contribution >= 4 is 11.8 Å². The summed E-state index contributed by atoms with van der Waals surface area (Å²) in [4.78, 5) is 24.3. The van der Waals surface area contributed by atoms with E-state index in [1.165, 1.54) is 0 Å². The third-order valence-corrected chi connectivity index (χ3v) is 3.43. The SMILES string of the molecule is CC(NC1CCC(C(N)=O)CC1)C(=O)N(C)C. The minimum atomic E-state index is -0.194. The number of nitrogens with two attached hydrogens (primary N) is 1. The number of nitrogens with one attached hydrogen (secondary N) is 1. The molecule has 0 bridgehead atoms. The fourth-order valence-electron chi connectivity index (χ4n) is 2.36. The first-order valence-electron chi connectivity index (χ1n) is 6.18. The number of hydrogen-bond acceptors (Lipinski definition) is 3. The van der Waals surface area contributed by atoms with Gasteiger partial charge in [0.2, 0.25) is 11.8 Å². The molecule has 0 saturated heterocycles. The molecule has 1 rings (SSSR count). The molecule has 5 heteroatoms. The van der Waals surface area contributed by atoms with Gasteiger partial charge in [0.15, 0.2) is 0 Å². The maximum Gasteiger partial charge on any atom is 0.238 e. The van der Waals surface area contributed by atoms with E-state index in [0.29, 0.717) is 6.04 Å². The molecule has 0 aliphatic heterocycles. The number of carbonyl (C=O) groups excluding carboxylic acids is 2. The zero-order valence-corrected chi connectivity index (χ0v) is 10.9. The highest BCUT2D eigenvalue weighted by Crippen LogP contribution is 2.24. The molecule has 5 nitrogen and oxygen atoms in total. The molecular weight excluding hydrogens is 218 g/mol. The van der Waals surface area contributed by atoms with E-state index in [1.54, 1.807) is 19.0 Å². The summed E-state index contributed by atoms with van der Waals surface area (Å²) in [7, 11) is 3.51. The zero-order chi connectivity index (χ0) is 13.0. The largest absolute Gasteiger partial charge is 0.369 e. The van der Waals surface area contributed by atoms with E-state index in [9.17, 15) is 9.59 Å². The topological polar surface area (TPSA) is 75.4 Å². The highest BCUT2D eigenvalue weighted by molar-refractivity contribution is 5.81. The second-order valence-corrected chi connectivity index (χ2v) is 5.07. The van der Waals surface area contributed by atoms with E-state index < -0.39 is 0 Å². The van der Waals surface area contributed by atoms with Gasteiger partial charge in [-0.25, -0.2) is 0 Å². The van der Waals surface area contributed by atoms with Crippen molar-refractivity contribution in [1.29, 1.82) is 0 Å². The Balaban J connectivity index is 2.35. The molecule has 17 heavy (non-hydrogen) atoms. The summed E-state index contributed by atoms with van der Waals surface area (Å²) in [6, 6.07) is 0.157. The summed E-state index contributed by atoms with van der Waals surface area (Å²) >= 11 is 0. The van der Waals surface area contributed by atoms with E-state index >= 15 is 0 Å². The van der Waals surface area contributed by atoms with Crippen molar-refractivity contribution in [2.24, 2.45) is 11.7 Å². The number of likely N-dealkylation sites (N-methyl/N-ethyl adjacent to an activating group) is 1. The Morgan fingerprint density at radius 2 is 1.76 bits per heavy atom. The molecule has 1 unspecified atom stereocenters. The number of primary amides is 1. The van der Waals surface area contributed by atoms with Gasteiger partial charge in [-0.15, -0.1) is 0 Å². The van der Waals surface area contributed by atoms with E-state index in [0.717, 1.165) is 25.7 Å². The van der Waals surface area contributed by atoms with E-state index in [4.69, 9.17) is 5.73 Å². The maximum atomic E-state index is 11.7. The maximum absolute atomic E-state index is 11.7. The van der Waals surface area contributed by atoms with Crippen LogP contribution in [-0.2, 0) is 9.59 Å². The molecule has 1 aliphatic carbocycles. The summed E-state index contributed by atoms with van der Waals surface area (Å²) in [6.45, 7) is 1.88. The molecule has 1 aliphatic rings. The van der Waals surface area contributed by atoms with Crippen LogP contribution in [0.15, 0.2) is 0 Å². The van der Waals surface area contributed by atoms with Gasteiger partial charge in [-0.05, 0) is 32.6 Å². The van der Waals surface area contributed by atoms with Gasteiger partial charge in [0.05, 0.1) is 6.04 Å². The number of nitrogens with zero attached hydrogens (tertiary/aromatic N) is 1. The van der Waals surface area contributed by atoms with Gasteiger partial charge in [0.1, 0.15) is 0 Å². The van der Waals surface area contributed by atoms with Gasteiger partial charge in [0.25, 0.3) is 0 Å². The van der Waals surface area contributed by atoms with Crippen LogP contribution in [0.4, 0.5) is 0 Å². The third-order valence-electron chi connectivity index (χ3n) is 3.43. The van der Waals surface area contributed by atoms with E-state index in [2.05, 4.69) is 5.32 Å². The van der Waals surface area contributed by atoms with Crippen molar-refractivity contribution in [3.8, 4) is 0 Å². The minimum absolute atomic E-state index is 0.0212. The van der Waals surface area contributed by atoms with Crippen LogP contribution in [0.1, 0.15) is 32.6 Å². The predicted octanol–water partition coefficient (Wildman–Crippen LogP) is 0.0968. The van der Waals surface area contributed by atoms with Crippen molar-refractivity contribution < 1.29 is 9.59 Å². The molecule has 0 aromatic rings. The molecule has 98 valence electrons. The van der Waals surface area contributed by atoms with Gasteiger partial charge < -0.3 is 16.0 Å². The van der Waals surface area contributed by atoms with Gasteiger partial charge in [-0.1, -0.05) is 0 Å². The lowest BCUT2D eigenvalue weighted by Gasteiger charge is -2.30. The number of amides is 2. The highest BCUT2D eigenvalue weighted by Gasteiger charge is 2.26. The van der Waals surface area contributed by atoms with Gasteiger partial charge >= 0.3 is 0 Å². The molecule has 0 spiro atoms. The van der Waals surface area contributed by atoms with E-state index in [-0.39, 0.29) is 23.8 Å². The molecule has 3 N–H and O–H groups in total. The summed E-state index contributed by atoms with van der Waals surface area (Å²) in [5.74, 6) is -0.0872. The fraction of sp³-hybridized carbons (Fsp3) is 0.833. The Kier molecular flexibility index (Phi) is 4.93. The van der Waals surface area contributed by atoms with Crippen LogP contribution < -0.4 is 11.1 Å². The van der Waals surface area contributed by atoms with Crippen LogP contribution >= 0.6 is 0 Å². The summed E-state index contributed by atoms with van der Waals surface area (Å²) in [5.41, 5.74) is 5.28. The molecule has 1 saturated carbocycles. The lowest BCUT2D eigenvalue weighted by Crippen LogP contribution is -2.47. The summed E-state index contributed by atoms with van der Waals surface area (Å²) < 4.78 is 0. The monoisotopic (exact) mass is 241 g/mol. The Bertz CT molecular complexity index is 283. The summed E-state index contributed by atoms with van der Waals surface area (Å²) in [6.07, 6.45) is 3.49. The van der Waals surface area contributed by atoms with Crippen LogP contribution in [0.5, 0.6) is 0 Å². The molecular formula is C12H23N3O2. The zero-order valence-electron chi connectivity index (χ0n) is 10.9. The second kappa shape index (κ2) is 6.00. The number of hydrogen-bond donors (Lipinski definition) is 2. The van der Waals surface area contributed by atoms with E-state index in [1.807, 2.05) is 6.92 Å². The molecule has 0 radical (unpaired) electrons. The first-order valence-corrected chi connectivity index (χ1v) is 6.18. The Labute approximate surface area is 103 Å². The van der Waals surface area contributed by atoms with Crippen LogP contribution in [-0.4, -0.2) is 42.9 Å². The van der Waals surface area contributed by atoms with Gasteiger partial charge in [-0.2, -0.15) is 0 Å². The van der Waals surface area contributed by atoms with Crippen LogP contribution in [0.2, 0.25) is 0 Å². The number of carbonyl (C=O) groups is 2. The quantitative estimate of drug-likeness (QED) is 0.733. The van der Waals surface area contributed by atoms with Crippen molar-refractivity contribution in [3.05, 3.63) is 0 Å². The first-order chi connectivity index (χ1) is 7.91. The highest BCUT2D eigenvalue weighted by atomic mass is 16.2. The standard InChI is InChI=1S/C12H23N3O2/c1-8(12(17)15(2)3)14-10-6-4-9(5-7-10)11(13)16/h8-10,14H,4-7H2,1-3H3,(H2,13,16). The molecule has 0 heterocycles. The molecule has 1 atom stereocenters. The van der Waals surface area contributed by atoms with Crippen molar-refractivity contribution in [2.75, 3.05) is 14.1 Å². The lowest BCUT2D eigenvalue weighted by molar-refractivity contribution is -0.131. The molecule has 2 amide bonds. The minimum Gasteiger partial charge on any atom is -0.369 e. The predicted molar refractivity (Wildman–Crippen MR) is 66.2 cm³/mol. The molecule has 0 aromatic carbocycles. The van der Waals surface area contributed by atoms with Crippen LogP contribution in [0, 0.1) is 5.92 Å². The average molecular weight is 241 g/mol. The number of rotatable bonds is 4. The Morgan fingerprint density at radius 3 is 2.18 bits per heavy atom. The first kappa shape index (κ1) is 14.0. The second-order valence-electron chi connectivity index (χ2n) is 5.07. The Morgan fingerprint density at radius 1 is 1.24 bits per heavy atom.